The highest BCUT2D eigenvalue weighted by atomic mass is 35.5. The van der Waals surface area contributed by atoms with Gasteiger partial charge in [0.05, 0.1) is 34.8 Å². The fourth-order valence-corrected chi connectivity index (χ4v) is 5.69. The van der Waals surface area contributed by atoms with Crippen LogP contribution in [0, 0.1) is 0 Å². The lowest BCUT2D eigenvalue weighted by atomic mass is 9.83. The maximum Gasteiger partial charge on any atom is 0.264 e. The third-order valence-electron chi connectivity index (χ3n) is 6.03. The molecule has 2 aromatic heterocycles. The van der Waals surface area contributed by atoms with Gasteiger partial charge >= 0.3 is 0 Å². The van der Waals surface area contributed by atoms with Crippen LogP contribution in [-0.4, -0.2) is 42.5 Å². The van der Waals surface area contributed by atoms with Crippen LogP contribution in [0.4, 0.5) is 0 Å². The Labute approximate surface area is 199 Å². The van der Waals surface area contributed by atoms with Crippen molar-refractivity contribution in [2.45, 2.75) is 31.4 Å². The summed E-state index contributed by atoms with van der Waals surface area (Å²) < 4.78 is 6.25. The molecule has 0 bridgehead atoms. The highest BCUT2D eigenvalue weighted by Gasteiger charge is 2.40. The van der Waals surface area contributed by atoms with E-state index in [0.717, 1.165) is 60.4 Å². The number of carbonyl (C=O) groups is 1. The van der Waals surface area contributed by atoms with E-state index < -0.39 is 0 Å². The molecular weight excluding hydrogens is 453 g/mol. The van der Waals surface area contributed by atoms with Crippen molar-refractivity contribution in [2.75, 3.05) is 26.7 Å². The molecule has 31 heavy (non-hydrogen) atoms. The van der Waals surface area contributed by atoms with Gasteiger partial charge in [-0.1, -0.05) is 24.3 Å². The number of nitrogens with one attached hydrogen (secondary N) is 1. The third-order valence-corrected chi connectivity index (χ3v) is 7.21. The lowest BCUT2D eigenvalue weighted by molar-refractivity contribution is -0.0792. The summed E-state index contributed by atoms with van der Waals surface area (Å²) in [5, 5.41) is 4.53. The number of hydrogen-bond donors (Lipinski definition) is 1. The normalized spacial score (nSPS) is 16.8. The molecule has 166 valence electrons. The average Bonchev–Trinajstić information content (AvgIpc) is 3.20. The van der Waals surface area contributed by atoms with Crippen molar-refractivity contribution in [3.8, 4) is 0 Å². The zero-order chi connectivity index (χ0) is 19.8. The summed E-state index contributed by atoms with van der Waals surface area (Å²) in [5.41, 5.74) is 2.91. The molecule has 1 aromatic carbocycles. The average molecular weight is 480 g/mol. The number of pyridine rings is 1. The van der Waals surface area contributed by atoms with Crippen LogP contribution in [0.2, 0.25) is 0 Å². The Morgan fingerprint density at radius 3 is 2.77 bits per heavy atom. The summed E-state index contributed by atoms with van der Waals surface area (Å²) in [7, 11) is 1.86. The first-order valence-electron chi connectivity index (χ1n) is 10.2. The van der Waals surface area contributed by atoms with E-state index in [1.54, 1.807) is 16.2 Å². The minimum Gasteiger partial charge on any atom is -0.370 e. The van der Waals surface area contributed by atoms with Crippen LogP contribution in [0.3, 0.4) is 0 Å². The van der Waals surface area contributed by atoms with E-state index in [0.29, 0.717) is 6.54 Å². The number of rotatable bonds is 3. The Hall–Kier alpha value is -1.70. The molecule has 4 heterocycles. The predicted molar refractivity (Wildman–Crippen MR) is 130 cm³/mol. The van der Waals surface area contributed by atoms with Gasteiger partial charge in [-0.25, -0.2) is 0 Å². The number of amides is 1. The van der Waals surface area contributed by atoms with Crippen LogP contribution >= 0.6 is 36.2 Å². The van der Waals surface area contributed by atoms with E-state index in [9.17, 15) is 4.79 Å². The van der Waals surface area contributed by atoms with Crippen molar-refractivity contribution in [1.29, 1.82) is 0 Å². The van der Waals surface area contributed by atoms with E-state index in [4.69, 9.17) is 9.72 Å². The number of para-hydroxylation sites is 1. The lowest BCUT2D eigenvalue weighted by Crippen LogP contribution is -2.44. The number of thiophene rings is 1. The van der Waals surface area contributed by atoms with Crippen LogP contribution in [0.5, 0.6) is 0 Å². The smallest absolute Gasteiger partial charge is 0.264 e. The fraction of sp³-hybridized carbons (Fsp3) is 0.391. The van der Waals surface area contributed by atoms with E-state index in [1.807, 2.05) is 31.3 Å². The van der Waals surface area contributed by atoms with E-state index in [1.165, 1.54) is 10.4 Å². The van der Waals surface area contributed by atoms with E-state index in [2.05, 4.69) is 23.5 Å². The standard InChI is InChI=1S/C23H25N3O2S.2ClH/c1-26(15-17-7-6-16-4-2-3-5-19(16)25-17)22(27)21-14-18-20(29-21)8-13-28-23(18)9-11-24-12-10-23;;/h2-7,14,24H,8-13,15H2,1H3;2*1H. The van der Waals surface area contributed by atoms with Crippen molar-refractivity contribution in [2.24, 2.45) is 0 Å². The number of halogens is 2. The second kappa shape index (κ2) is 9.84. The monoisotopic (exact) mass is 479 g/mol. The highest BCUT2D eigenvalue weighted by molar-refractivity contribution is 7.14. The number of fused-ring (bicyclic) bond motifs is 3. The van der Waals surface area contributed by atoms with Crippen LogP contribution < -0.4 is 5.32 Å². The number of nitrogens with zero attached hydrogens (tertiary/aromatic N) is 2. The number of hydrogen-bond acceptors (Lipinski definition) is 5. The van der Waals surface area contributed by atoms with Crippen molar-refractivity contribution >= 4 is 53.0 Å². The van der Waals surface area contributed by atoms with Gasteiger partial charge in [0.15, 0.2) is 0 Å². The van der Waals surface area contributed by atoms with Gasteiger partial charge in [0.1, 0.15) is 0 Å². The molecule has 1 N–H and O–H groups in total. The summed E-state index contributed by atoms with van der Waals surface area (Å²) in [5.74, 6) is 0.0587. The number of piperidine rings is 1. The van der Waals surface area contributed by atoms with Gasteiger partial charge in [0, 0.05) is 23.7 Å². The van der Waals surface area contributed by atoms with Crippen LogP contribution in [0.1, 0.15) is 38.6 Å². The fourth-order valence-electron chi connectivity index (χ4n) is 4.47. The Morgan fingerprint density at radius 1 is 1.19 bits per heavy atom. The SMILES string of the molecule is CN(Cc1ccc2ccccc2n1)C(=O)c1cc2c(s1)CCOC21CCNCC1.Cl.Cl. The van der Waals surface area contributed by atoms with Crippen molar-refractivity contribution < 1.29 is 9.53 Å². The first kappa shape index (κ1) is 24.0. The molecule has 0 radical (unpaired) electrons. The first-order chi connectivity index (χ1) is 14.1. The molecule has 0 atom stereocenters. The third kappa shape index (κ3) is 4.59. The highest BCUT2D eigenvalue weighted by Crippen LogP contribution is 2.43. The first-order valence-corrected chi connectivity index (χ1v) is 11.0. The Bertz CT molecular complexity index is 1070. The van der Waals surface area contributed by atoms with Crippen molar-refractivity contribution in [3.63, 3.8) is 0 Å². The molecule has 1 saturated heterocycles. The van der Waals surface area contributed by atoms with Gasteiger partial charge in [-0.3, -0.25) is 9.78 Å². The zero-order valence-corrected chi connectivity index (χ0v) is 19.9. The maximum absolute atomic E-state index is 13.2. The molecule has 2 aliphatic rings. The van der Waals surface area contributed by atoms with Gasteiger partial charge in [-0.15, -0.1) is 36.2 Å². The Balaban J connectivity index is 0.00000136. The molecule has 0 saturated carbocycles. The van der Waals surface area contributed by atoms with Crippen LogP contribution in [0.25, 0.3) is 10.9 Å². The molecule has 8 heteroatoms. The van der Waals surface area contributed by atoms with E-state index >= 15 is 0 Å². The maximum atomic E-state index is 13.2. The molecule has 0 aliphatic carbocycles. The quantitative estimate of drug-likeness (QED) is 0.597. The summed E-state index contributed by atoms with van der Waals surface area (Å²) in [6.45, 7) is 3.17. The minimum atomic E-state index is -0.202. The number of aromatic nitrogens is 1. The molecular formula is C23H27Cl2N3O2S. The Morgan fingerprint density at radius 2 is 1.97 bits per heavy atom. The summed E-state index contributed by atoms with van der Waals surface area (Å²) in [6, 6.07) is 14.2. The van der Waals surface area contributed by atoms with Gasteiger partial charge < -0.3 is 15.0 Å². The molecule has 5 nitrogen and oxygen atoms in total. The van der Waals surface area contributed by atoms with Gasteiger partial charge in [0.2, 0.25) is 0 Å². The van der Waals surface area contributed by atoms with Crippen LogP contribution in [0.15, 0.2) is 42.5 Å². The topological polar surface area (TPSA) is 54.5 Å². The van der Waals surface area contributed by atoms with E-state index in [-0.39, 0.29) is 36.3 Å². The second-order valence-electron chi connectivity index (χ2n) is 7.95. The Kier molecular flexibility index (Phi) is 7.60. The van der Waals surface area contributed by atoms with Crippen molar-refractivity contribution in [3.05, 3.63) is 63.5 Å². The van der Waals surface area contributed by atoms with Crippen LogP contribution in [-0.2, 0) is 23.3 Å². The summed E-state index contributed by atoms with van der Waals surface area (Å²) >= 11 is 1.64. The molecule has 5 rings (SSSR count). The molecule has 1 amide bonds. The minimum absolute atomic E-state index is 0. The van der Waals surface area contributed by atoms with Gasteiger partial charge in [0.25, 0.3) is 5.91 Å². The summed E-state index contributed by atoms with van der Waals surface area (Å²) in [6.07, 6.45) is 2.85. The number of benzene rings is 1. The molecule has 3 aromatic rings. The molecule has 1 spiro atoms. The zero-order valence-electron chi connectivity index (χ0n) is 17.4. The largest absolute Gasteiger partial charge is 0.370 e. The molecule has 0 unspecified atom stereocenters. The lowest BCUT2D eigenvalue weighted by Gasteiger charge is -2.40. The number of carbonyl (C=O) groups excluding carboxylic acids is 1. The molecule has 1 fully saturated rings. The molecule has 2 aliphatic heterocycles. The van der Waals surface area contributed by atoms with Crippen molar-refractivity contribution in [1.82, 2.24) is 15.2 Å². The predicted octanol–water partition coefficient (Wildman–Crippen LogP) is 4.56. The van der Waals surface area contributed by atoms with Gasteiger partial charge in [-0.2, -0.15) is 0 Å². The number of ether oxygens (including phenoxy) is 1. The summed E-state index contributed by atoms with van der Waals surface area (Å²) in [4.78, 5) is 21.8. The second-order valence-corrected chi connectivity index (χ2v) is 9.08. The van der Waals surface area contributed by atoms with Gasteiger partial charge in [-0.05, 0) is 49.7 Å².